The second-order valence-electron chi connectivity index (χ2n) is 5.11. The summed E-state index contributed by atoms with van der Waals surface area (Å²) < 4.78 is 0. The molecule has 2 aliphatic rings. The minimum atomic E-state index is -0.602. The third-order valence-electron chi connectivity index (χ3n) is 3.64. The third-order valence-corrected chi connectivity index (χ3v) is 5.01. The Morgan fingerprint density at radius 3 is 2.71 bits per heavy atom. The van der Waals surface area contributed by atoms with E-state index in [0.29, 0.717) is 17.5 Å². The number of nitrogens with one attached hydrogen (secondary N) is 2. The number of aliphatic hydroxyl groups is 1. The first-order valence-electron chi connectivity index (χ1n) is 6.49. The van der Waals surface area contributed by atoms with Crippen LogP contribution >= 0.6 is 11.8 Å². The van der Waals surface area contributed by atoms with Gasteiger partial charge in [-0.05, 0) is 45.2 Å². The maximum Gasteiger partial charge on any atom is 0.230 e. The molecule has 1 aliphatic carbocycles. The van der Waals surface area contributed by atoms with Crippen molar-refractivity contribution in [2.75, 3.05) is 25.4 Å². The van der Waals surface area contributed by atoms with E-state index < -0.39 is 5.60 Å². The lowest BCUT2D eigenvalue weighted by atomic mass is 9.80. The second kappa shape index (κ2) is 6.07. The highest BCUT2D eigenvalue weighted by atomic mass is 32.2. The molecule has 1 aliphatic heterocycles. The quantitative estimate of drug-likeness (QED) is 0.672. The molecule has 2 rings (SSSR count). The highest BCUT2D eigenvalue weighted by Crippen LogP contribution is 2.30. The third kappa shape index (κ3) is 4.16. The van der Waals surface area contributed by atoms with Crippen molar-refractivity contribution in [1.29, 1.82) is 0 Å². The molecule has 0 atom stereocenters. The van der Waals surface area contributed by atoms with Gasteiger partial charge in [0.25, 0.3) is 0 Å². The molecule has 3 N–H and O–H groups in total. The van der Waals surface area contributed by atoms with Gasteiger partial charge in [-0.3, -0.25) is 4.79 Å². The zero-order valence-corrected chi connectivity index (χ0v) is 11.0. The molecule has 0 bridgehead atoms. The number of carbonyl (C=O) groups excluding carboxylic acids is 1. The minimum Gasteiger partial charge on any atom is -0.388 e. The van der Waals surface area contributed by atoms with Crippen LogP contribution in [0, 0.1) is 0 Å². The summed E-state index contributed by atoms with van der Waals surface area (Å²) in [6.45, 7) is 2.57. The molecule has 1 heterocycles. The van der Waals surface area contributed by atoms with E-state index in [1.54, 1.807) is 11.8 Å². The Balaban J connectivity index is 1.57. The first-order chi connectivity index (χ1) is 8.18. The van der Waals surface area contributed by atoms with Gasteiger partial charge in [-0.1, -0.05) is 0 Å². The molecule has 0 unspecified atom stereocenters. The molecule has 4 nitrogen and oxygen atoms in total. The van der Waals surface area contributed by atoms with E-state index in [9.17, 15) is 9.90 Å². The van der Waals surface area contributed by atoms with Crippen LogP contribution in [-0.4, -0.2) is 47.3 Å². The van der Waals surface area contributed by atoms with E-state index in [1.807, 2.05) is 0 Å². The van der Waals surface area contributed by atoms with Gasteiger partial charge in [-0.15, -0.1) is 11.8 Å². The Bertz CT molecular complexity index is 263. The van der Waals surface area contributed by atoms with Gasteiger partial charge in [-0.2, -0.15) is 0 Å². The normalized spacial score (nSPS) is 24.1. The first kappa shape index (κ1) is 13.2. The molecule has 0 aromatic rings. The van der Waals surface area contributed by atoms with E-state index in [1.165, 1.54) is 0 Å². The number of piperidine rings is 1. The molecular formula is C12H22N2O2S. The minimum absolute atomic E-state index is 0.0638. The summed E-state index contributed by atoms with van der Waals surface area (Å²) >= 11 is 1.75. The predicted molar refractivity (Wildman–Crippen MR) is 70.2 cm³/mol. The van der Waals surface area contributed by atoms with Gasteiger partial charge in [0.1, 0.15) is 0 Å². The van der Waals surface area contributed by atoms with Crippen LogP contribution in [0.25, 0.3) is 0 Å². The second-order valence-corrected chi connectivity index (χ2v) is 6.40. The van der Waals surface area contributed by atoms with Crippen molar-refractivity contribution in [3.05, 3.63) is 0 Å². The fourth-order valence-corrected chi connectivity index (χ4v) is 3.29. The van der Waals surface area contributed by atoms with Crippen molar-refractivity contribution >= 4 is 17.7 Å². The standard InChI is InChI=1S/C12H22N2O2S/c15-11(14-9-12(16)4-1-5-12)8-17-10-2-6-13-7-3-10/h10,13,16H,1-9H2,(H,14,15). The van der Waals surface area contributed by atoms with Crippen LogP contribution in [0.4, 0.5) is 0 Å². The molecule has 2 fully saturated rings. The number of hydrogen-bond acceptors (Lipinski definition) is 4. The summed E-state index contributed by atoms with van der Waals surface area (Å²) in [5.74, 6) is 0.592. The fraction of sp³-hybridized carbons (Fsp3) is 0.917. The lowest BCUT2D eigenvalue weighted by Crippen LogP contribution is -2.48. The fourth-order valence-electron chi connectivity index (χ4n) is 2.23. The monoisotopic (exact) mass is 258 g/mol. The zero-order chi connectivity index (χ0) is 12.1. The Labute approximate surface area is 107 Å². The highest BCUT2D eigenvalue weighted by Gasteiger charge is 2.34. The number of carbonyl (C=O) groups is 1. The number of hydrogen-bond donors (Lipinski definition) is 3. The van der Waals surface area contributed by atoms with Crippen LogP contribution in [0.2, 0.25) is 0 Å². The average Bonchev–Trinajstić information content (AvgIpc) is 2.33. The van der Waals surface area contributed by atoms with Gasteiger partial charge in [-0.25, -0.2) is 0 Å². The van der Waals surface area contributed by atoms with Crippen molar-refractivity contribution in [2.45, 2.75) is 43.0 Å². The molecule has 98 valence electrons. The van der Waals surface area contributed by atoms with Crippen molar-refractivity contribution in [3.63, 3.8) is 0 Å². The van der Waals surface area contributed by atoms with Crippen molar-refractivity contribution in [1.82, 2.24) is 10.6 Å². The summed E-state index contributed by atoms with van der Waals surface area (Å²) in [6, 6.07) is 0. The largest absolute Gasteiger partial charge is 0.388 e. The van der Waals surface area contributed by atoms with E-state index >= 15 is 0 Å². The number of amides is 1. The highest BCUT2D eigenvalue weighted by molar-refractivity contribution is 8.00. The molecule has 1 amide bonds. The molecular weight excluding hydrogens is 236 g/mol. The van der Waals surface area contributed by atoms with E-state index in [4.69, 9.17) is 0 Å². The SMILES string of the molecule is O=C(CSC1CCNCC1)NCC1(O)CCC1. The molecule has 0 aromatic carbocycles. The van der Waals surface area contributed by atoms with Crippen LogP contribution < -0.4 is 10.6 Å². The number of thioether (sulfide) groups is 1. The van der Waals surface area contributed by atoms with E-state index in [-0.39, 0.29) is 5.91 Å². The summed E-state index contributed by atoms with van der Waals surface area (Å²) in [7, 11) is 0. The summed E-state index contributed by atoms with van der Waals surface area (Å²) in [4.78, 5) is 11.6. The smallest absolute Gasteiger partial charge is 0.230 e. The molecule has 0 aromatic heterocycles. The molecule has 0 spiro atoms. The van der Waals surface area contributed by atoms with Gasteiger partial charge in [0, 0.05) is 11.8 Å². The first-order valence-corrected chi connectivity index (χ1v) is 7.54. The lowest BCUT2D eigenvalue weighted by Gasteiger charge is -2.36. The summed E-state index contributed by atoms with van der Waals surface area (Å²) in [5, 5.41) is 16.6. The van der Waals surface area contributed by atoms with Gasteiger partial charge >= 0.3 is 0 Å². The van der Waals surface area contributed by atoms with Gasteiger partial charge < -0.3 is 15.7 Å². The van der Waals surface area contributed by atoms with Crippen molar-refractivity contribution < 1.29 is 9.90 Å². The van der Waals surface area contributed by atoms with Gasteiger partial charge in [0.15, 0.2) is 0 Å². The van der Waals surface area contributed by atoms with Crippen molar-refractivity contribution in [2.24, 2.45) is 0 Å². The van der Waals surface area contributed by atoms with Crippen molar-refractivity contribution in [3.8, 4) is 0 Å². The number of rotatable bonds is 5. The van der Waals surface area contributed by atoms with Gasteiger partial charge in [0.2, 0.25) is 5.91 Å². The summed E-state index contributed by atoms with van der Waals surface area (Å²) in [6.07, 6.45) is 5.05. The van der Waals surface area contributed by atoms with Crippen LogP contribution in [0.3, 0.4) is 0 Å². The average molecular weight is 258 g/mol. The predicted octanol–water partition coefficient (Wildman–Crippen LogP) is 0.503. The zero-order valence-electron chi connectivity index (χ0n) is 10.2. The maximum absolute atomic E-state index is 11.6. The van der Waals surface area contributed by atoms with Crippen LogP contribution in [0.15, 0.2) is 0 Å². The molecule has 1 saturated carbocycles. The van der Waals surface area contributed by atoms with Crippen LogP contribution in [0.5, 0.6) is 0 Å². The topological polar surface area (TPSA) is 61.4 Å². The summed E-state index contributed by atoms with van der Waals surface area (Å²) in [5.41, 5.74) is -0.602. The molecule has 1 saturated heterocycles. The van der Waals surface area contributed by atoms with Crippen LogP contribution in [-0.2, 0) is 4.79 Å². The Morgan fingerprint density at radius 2 is 2.12 bits per heavy atom. The lowest BCUT2D eigenvalue weighted by molar-refractivity contribution is -0.121. The van der Waals surface area contributed by atoms with E-state index in [2.05, 4.69) is 10.6 Å². The van der Waals surface area contributed by atoms with Crippen LogP contribution in [0.1, 0.15) is 32.1 Å². The maximum atomic E-state index is 11.6. The molecule has 17 heavy (non-hydrogen) atoms. The molecule has 0 radical (unpaired) electrons. The Kier molecular flexibility index (Phi) is 4.70. The molecule has 5 heteroatoms. The Morgan fingerprint density at radius 1 is 1.41 bits per heavy atom. The van der Waals surface area contributed by atoms with Gasteiger partial charge in [0.05, 0.1) is 11.4 Å². The van der Waals surface area contributed by atoms with E-state index in [0.717, 1.165) is 45.2 Å². The Hall–Kier alpha value is -0.260.